The lowest BCUT2D eigenvalue weighted by Crippen LogP contribution is -2.33. The Morgan fingerprint density at radius 1 is 1.59 bits per heavy atom. The predicted molar refractivity (Wildman–Crippen MR) is 77.5 cm³/mol. The van der Waals surface area contributed by atoms with E-state index in [1.54, 1.807) is 0 Å². The summed E-state index contributed by atoms with van der Waals surface area (Å²) in [5.41, 5.74) is 6.63. The summed E-state index contributed by atoms with van der Waals surface area (Å²) in [7, 11) is 0. The summed E-state index contributed by atoms with van der Waals surface area (Å²) in [6.07, 6.45) is 3.19. The van der Waals surface area contributed by atoms with Gasteiger partial charge in [0.1, 0.15) is 12.3 Å². The van der Waals surface area contributed by atoms with E-state index in [2.05, 4.69) is 15.3 Å². The van der Waals surface area contributed by atoms with E-state index in [0.717, 1.165) is 23.8 Å². The molecule has 6 heteroatoms. The van der Waals surface area contributed by atoms with Crippen molar-refractivity contribution >= 4 is 29.9 Å². The number of nitrogens with one attached hydrogen (secondary N) is 1. The Morgan fingerprint density at radius 2 is 2.29 bits per heavy atom. The highest BCUT2D eigenvalue weighted by atomic mass is 127. The molecule has 1 aliphatic carbocycles. The summed E-state index contributed by atoms with van der Waals surface area (Å²) >= 11 is 0. The number of aromatic nitrogens is 1. The van der Waals surface area contributed by atoms with Gasteiger partial charge in [-0.25, -0.2) is 9.98 Å². The first-order chi connectivity index (χ1) is 7.69. The Balaban J connectivity index is 0.00000144. The van der Waals surface area contributed by atoms with Gasteiger partial charge in [0.15, 0.2) is 11.9 Å². The summed E-state index contributed by atoms with van der Waals surface area (Å²) in [6.45, 7) is 4.41. The first-order valence-electron chi connectivity index (χ1n) is 5.70. The summed E-state index contributed by atoms with van der Waals surface area (Å²) in [5.74, 6) is 2.06. The number of rotatable bonds is 4. The SMILES string of the molecule is CCc1nc(C)c(CN=C(N)NC2CC2)o1.I. The molecule has 0 bridgehead atoms. The molecule has 1 aromatic heterocycles. The number of aliphatic imine (C=N–C) groups is 1. The molecule has 1 saturated carbocycles. The Morgan fingerprint density at radius 3 is 2.82 bits per heavy atom. The molecule has 1 aromatic rings. The summed E-state index contributed by atoms with van der Waals surface area (Å²) in [6, 6.07) is 0.533. The van der Waals surface area contributed by atoms with Crippen molar-refractivity contribution in [2.45, 2.75) is 45.7 Å². The second-order valence-corrected chi connectivity index (χ2v) is 4.09. The van der Waals surface area contributed by atoms with E-state index >= 15 is 0 Å². The topological polar surface area (TPSA) is 76.4 Å². The molecule has 0 amide bonds. The van der Waals surface area contributed by atoms with Gasteiger partial charge in [-0.2, -0.15) is 0 Å². The van der Waals surface area contributed by atoms with Crippen molar-refractivity contribution in [3.63, 3.8) is 0 Å². The number of hydrogen-bond donors (Lipinski definition) is 2. The van der Waals surface area contributed by atoms with Crippen molar-refractivity contribution in [2.75, 3.05) is 0 Å². The van der Waals surface area contributed by atoms with Gasteiger partial charge in [-0.1, -0.05) is 6.92 Å². The van der Waals surface area contributed by atoms with Crippen LogP contribution < -0.4 is 11.1 Å². The molecular weight excluding hydrogens is 331 g/mol. The van der Waals surface area contributed by atoms with Crippen LogP contribution in [-0.2, 0) is 13.0 Å². The minimum Gasteiger partial charge on any atom is -0.443 e. The largest absolute Gasteiger partial charge is 0.443 e. The number of aryl methyl sites for hydroxylation is 2. The molecule has 5 nitrogen and oxygen atoms in total. The molecule has 0 radical (unpaired) electrons. The van der Waals surface area contributed by atoms with Crippen LogP contribution >= 0.6 is 24.0 Å². The van der Waals surface area contributed by atoms with Crippen molar-refractivity contribution in [1.29, 1.82) is 0 Å². The second kappa shape index (κ2) is 6.23. The van der Waals surface area contributed by atoms with E-state index in [9.17, 15) is 0 Å². The highest BCUT2D eigenvalue weighted by Gasteiger charge is 2.21. The van der Waals surface area contributed by atoms with Crippen molar-refractivity contribution < 1.29 is 4.42 Å². The molecule has 0 aromatic carbocycles. The molecule has 96 valence electrons. The fraction of sp³-hybridized carbons (Fsp3) is 0.636. The minimum absolute atomic E-state index is 0. The average Bonchev–Trinajstić information content (AvgIpc) is 2.98. The maximum absolute atomic E-state index is 5.73. The third kappa shape index (κ3) is 4.18. The van der Waals surface area contributed by atoms with Crippen LogP contribution in [-0.4, -0.2) is 17.0 Å². The molecule has 0 aliphatic heterocycles. The van der Waals surface area contributed by atoms with Gasteiger partial charge in [-0.15, -0.1) is 24.0 Å². The van der Waals surface area contributed by atoms with E-state index < -0.39 is 0 Å². The van der Waals surface area contributed by atoms with Crippen LogP contribution in [0, 0.1) is 6.92 Å². The molecule has 1 heterocycles. The Kier molecular flexibility index (Phi) is 5.23. The number of guanidine groups is 1. The van der Waals surface area contributed by atoms with Crippen LogP contribution in [0.2, 0.25) is 0 Å². The van der Waals surface area contributed by atoms with E-state index in [1.165, 1.54) is 12.8 Å². The summed E-state index contributed by atoms with van der Waals surface area (Å²) in [5, 5.41) is 3.13. The number of nitrogens with zero attached hydrogens (tertiary/aromatic N) is 2. The molecule has 1 fully saturated rings. The van der Waals surface area contributed by atoms with Gasteiger partial charge in [-0.05, 0) is 19.8 Å². The van der Waals surface area contributed by atoms with Crippen LogP contribution in [0.3, 0.4) is 0 Å². The van der Waals surface area contributed by atoms with E-state index in [0.29, 0.717) is 18.5 Å². The van der Waals surface area contributed by atoms with Gasteiger partial charge in [0.05, 0.1) is 5.69 Å². The van der Waals surface area contributed by atoms with E-state index in [1.807, 2.05) is 13.8 Å². The number of hydrogen-bond acceptors (Lipinski definition) is 3. The zero-order valence-corrected chi connectivity index (χ0v) is 12.5. The van der Waals surface area contributed by atoms with Gasteiger partial charge in [0.25, 0.3) is 0 Å². The van der Waals surface area contributed by atoms with Crippen LogP contribution in [0.15, 0.2) is 9.41 Å². The third-order valence-electron chi connectivity index (χ3n) is 2.56. The first kappa shape index (κ1) is 14.3. The van der Waals surface area contributed by atoms with Crippen molar-refractivity contribution in [3.8, 4) is 0 Å². The maximum atomic E-state index is 5.73. The van der Waals surface area contributed by atoms with Gasteiger partial charge in [0.2, 0.25) is 0 Å². The predicted octanol–water partition coefficient (Wildman–Crippen LogP) is 1.73. The molecule has 0 unspecified atom stereocenters. The first-order valence-corrected chi connectivity index (χ1v) is 5.70. The van der Waals surface area contributed by atoms with Crippen molar-refractivity contribution in [1.82, 2.24) is 10.3 Å². The summed E-state index contributed by atoms with van der Waals surface area (Å²) in [4.78, 5) is 8.52. The van der Waals surface area contributed by atoms with E-state index in [4.69, 9.17) is 10.2 Å². The normalized spacial score (nSPS) is 15.5. The van der Waals surface area contributed by atoms with Gasteiger partial charge >= 0.3 is 0 Å². The van der Waals surface area contributed by atoms with Crippen LogP contribution in [0.1, 0.15) is 37.1 Å². The average molecular weight is 350 g/mol. The minimum atomic E-state index is 0. The molecule has 0 saturated heterocycles. The monoisotopic (exact) mass is 350 g/mol. The highest BCUT2D eigenvalue weighted by Crippen LogP contribution is 2.18. The molecule has 17 heavy (non-hydrogen) atoms. The molecule has 3 N–H and O–H groups in total. The van der Waals surface area contributed by atoms with Crippen molar-refractivity contribution in [3.05, 3.63) is 17.3 Å². The number of oxazole rings is 1. The number of halogens is 1. The van der Waals surface area contributed by atoms with Gasteiger partial charge in [0, 0.05) is 12.5 Å². The lowest BCUT2D eigenvalue weighted by atomic mass is 10.4. The fourth-order valence-corrected chi connectivity index (χ4v) is 1.43. The zero-order valence-electron chi connectivity index (χ0n) is 10.2. The molecule has 2 rings (SSSR count). The lowest BCUT2D eigenvalue weighted by molar-refractivity contribution is 0.460. The Hall–Kier alpha value is -0.790. The summed E-state index contributed by atoms with van der Waals surface area (Å²) < 4.78 is 5.53. The van der Waals surface area contributed by atoms with Crippen LogP contribution in [0.5, 0.6) is 0 Å². The third-order valence-corrected chi connectivity index (χ3v) is 2.56. The van der Waals surface area contributed by atoms with Crippen LogP contribution in [0.4, 0.5) is 0 Å². The Labute approximate surface area is 118 Å². The van der Waals surface area contributed by atoms with Crippen molar-refractivity contribution in [2.24, 2.45) is 10.7 Å². The molecule has 0 atom stereocenters. The van der Waals surface area contributed by atoms with E-state index in [-0.39, 0.29) is 24.0 Å². The fourth-order valence-electron chi connectivity index (χ4n) is 1.43. The van der Waals surface area contributed by atoms with Gasteiger partial charge in [-0.3, -0.25) is 0 Å². The lowest BCUT2D eigenvalue weighted by Gasteiger charge is -2.01. The number of nitrogens with two attached hydrogens (primary N) is 1. The zero-order chi connectivity index (χ0) is 11.5. The smallest absolute Gasteiger partial charge is 0.194 e. The second-order valence-electron chi connectivity index (χ2n) is 4.09. The van der Waals surface area contributed by atoms with Crippen LogP contribution in [0.25, 0.3) is 0 Å². The highest BCUT2D eigenvalue weighted by molar-refractivity contribution is 14.0. The van der Waals surface area contributed by atoms with Gasteiger partial charge < -0.3 is 15.5 Å². The standard InChI is InChI=1S/C11H18N4O.HI/c1-3-10-14-7(2)9(16-10)6-13-11(12)15-8-4-5-8;/h8H,3-6H2,1-2H3,(H3,12,13,15);1H. The molecular formula is C11H19IN4O. The maximum Gasteiger partial charge on any atom is 0.194 e. The molecule has 0 spiro atoms. The quantitative estimate of drug-likeness (QED) is 0.493. The molecule has 1 aliphatic rings. The Bertz CT molecular complexity index is 398.